The number of rotatable bonds is 5. The van der Waals surface area contributed by atoms with Gasteiger partial charge in [-0.3, -0.25) is 4.79 Å². The van der Waals surface area contributed by atoms with E-state index in [1.807, 2.05) is 25.1 Å². The predicted molar refractivity (Wildman–Crippen MR) is 117 cm³/mol. The second kappa shape index (κ2) is 9.21. The van der Waals surface area contributed by atoms with Crippen LogP contribution in [0.2, 0.25) is 0 Å². The van der Waals surface area contributed by atoms with Crippen LogP contribution in [0.5, 0.6) is 0 Å². The van der Waals surface area contributed by atoms with Crippen LogP contribution < -0.4 is 4.90 Å². The molecule has 29 heavy (non-hydrogen) atoms. The van der Waals surface area contributed by atoms with Crippen molar-refractivity contribution in [2.45, 2.75) is 11.8 Å². The van der Waals surface area contributed by atoms with E-state index in [0.717, 1.165) is 21.3 Å². The number of amides is 1. The first-order valence-corrected chi connectivity index (χ1v) is 11.4. The Morgan fingerprint density at radius 1 is 1.14 bits per heavy atom. The molecule has 1 saturated heterocycles. The summed E-state index contributed by atoms with van der Waals surface area (Å²) in [7, 11) is -1.79. The molecule has 3 rings (SSSR count). The van der Waals surface area contributed by atoms with Crippen LogP contribution in [0.1, 0.15) is 11.1 Å². The molecule has 0 N–H and O–H groups in total. The zero-order valence-electron chi connectivity index (χ0n) is 16.3. The molecule has 1 fully saturated rings. The maximum absolute atomic E-state index is 12.7. The number of ether oxygens (including phenoxy) is 1. The lowest BCUT2D eigenvalue weighted by molar-refractivity contribution is -0.113. The molecule has 2 aromatic carbocycles. The van der Waals surface area contributed by atoms with Gasteiger partial charge >= 0.3 is 0 Å². The molecule has 2 aromatic rings. The number of nitrogens with zero attached hydrogens (tertiary/aromatic N) is 2. The van der Waals surface area contributed by atoms with Crippen molar-refractivity contribution >= 4 is 43.6 Å². The molecule has 1 aliphatic heterocycles. The number of benzene rings is 2. The van der Waals surface area contributed by atoms with E-state index >= 15 is 0 Å². The number of morpholine rings is 1. The number of anilines is 1. The van der Waals surface area contributed by atoms with Crippen molar-refractivity contribution in [2.75, 3.05) is 38.3 Å². The second-order valence-corrected chi connectivity index (χ2v) is 9.60. The fourth-order valence-corrected chi connectivity index (χ4v) is 4.96. The lowest BCUT2D eigenvalue weighted by Crippen LogP contribution is -2.40. The van der Waals surface area contributed by atoms with E-state index in [2.05, 4.69) is 15.9 Å². The van der Waals surface area contributed by atoms with E-state index in [9.17, 15) is 13.2 Å². The van der Waals surface area contributed by atoms with E-state index in [1.54, 1.807) is 42.3 Å². The SMILES string of the molecule is Cc1cc(Br)ccc1N(C)C(=O)/C=C/c1ccc(S(=O)(=O)N2CCOCC2)cc1. The van der Waals surface area contributed by atoms with Gasteiger partial charge in [-0.2, -0.15) is 4.31 Å². The van der Waals surface area contributed by atoms with Crippen LogP contribution in [-0.4, -0.2) is 52.0 Å². The van der Waals surface area contributed by atoms with Crippen molar-refractivity contribution in [1.29, 1.82) is 0 Å². The minimum Gasteiger partial charge on any atom is -0.379 e. The molecule has 154 valence electrons. The third-order valence-corrected chi connectivity index (χ3v) is 7.16. The average Bonchev–Trinajstić information content (AvgIpc) is 2.72. The molecule has 1 aliphatic rings. The third kappa shape index (κ3) is 5.14. The molecular formula is C21H23BrN2O4S. The highest BCUT2D eigenvalue weighted by atomic mass is 79.9. The van der Waals surface area contributed by atoms with E-state index in [-0.39, 0.29) is 10.8 Å². The molecule has 0 aromatic heterocycles. The number of aryl methyl sites for hydroxylation is 1. The van der Waals surface area contributed by atoms with Crippen LogP contribution >= 0.6 is 15.9 Å². The normalized spacial score (nSPS) is 15.6. The van der Waals surface area contributed by atoms with Crippen LogP contribution in [0.3, 0.4) is 0 Å². The number of hydrogen-bond donors (Lipinski definition) is 0. The Labute approximate surface area is 180 Å². The molecule has 0 bridgehead atoms. The topological polar surface area (TPSA) is 66.9 Å². The van der Waals surface area contributed by atoms with Gasteiger partial charge in [0.25, 0.3) is 5.91 Å². The van der Waals surface area contributed by atoms with Crippen LogP contribution in [0.15, 0.2) is 57.9 Å². The molecule has 0 saturated carbocycles. The largest absolute Gasteiger partial charge is 0.379 e. The number of carbonyl (C=O) groups excluding carboxylic acids is 1. The van der Waals surface area contributed by atoms with Crippen molar-refractivity contribution in [3.05, 3.63) is 64.1 Å². The van der Waals surface area contributed by atoms with Gasteiger partial charge in [-0.05, 0) is 54.5 Å². The van der Waals surface area contributed by atoms with Gasteiger partial charge in [0.2, 0.25) is 10.0 Å². The summed E-state index contributed by atoms with van der Waals surface area (Å²) >= 11 is 3.42. The van der Waals surface area contributed by atoms with Crippen LogP contribution in [0, 0.1) is 6.92 Å². The lowest BCUT2D eigenvalue weighted by Gasteiger charge is -2.26. The minimum absolute atomic E-state index is 0.166. The van der Waals surface area contributed by atoms with Crippen LogP contribution in [0.4, 0.5) is 5.69 Å². The summed E-state index contributed by atoms with van der Waals surface area (Å²) in [5.74, 6) is -0.166. The highest BCUT2D eigenvalue weighted by Crippen LogP contribution is 2.23. The van der Waals surface area contributed by atoms with Crippen molar-refractivity contribution in [1.82, 2.24) is 4.31 Å². The Morgan fingerprint density at radius 2 is 1.79 bits per heavy atom. The minimum atomic E-state index is -3.52. The van der Waals surface area contributed by atoms with Gasteiger partial charge in [0.15, 0.2) is 0 Å². The maximum atomic E-state index is 12.7. The fraction of sp³-hybridized carbons (Fsp3) is 0.286. The van der Waals surface area contributed by atoms with Crippen molar-refractivity contribution in [2.24, 2.45) is 0 Å². The molecule has 0 radical (unpaired) electrons. The number of halogens is 1. The Bertz CT molecular complexity index is 1010. The molecule has 0 unspecified atom stereocenters. The molecule has 0 spiro atoms. The predicted octanol–water partition coefficient (Wildman–Crippen LogP) is 3.45. The van der Waals surface area contributed by atoms with Crippen LogP contribution in [0.25, 0.3) is 6.08 Å². The summed E-state index contributed by atoms with van der Waals surface area (Å²) < 4.78 is 32.9. The summed E-state index contributed by atoms with van der Waals surface area (Å²) in [6, 6.07) is 12.3. The first-order valence-electron chi connectivity index (χ1n) is 9.19. The number of likely N-dealkylation sites (N-methyl/N-ethyl adjacent to an activating group) is 1. The smallest absolute Gasteiger partial charge is 0.250 e. The first-order chi connectivity index (χ1) is 13.8. The Balaban J connectivity index is 1.70. The second-order valence-electron chi connectivity index (χ2n) is 6.75. The Kier molecular flexibility index (Phi) is 6.89. The fourth-order valence-electron chi connectivity index (χ4n) is 3.08. The summed E-state index contributed by atoms with van der Waals surface area (Å²) in [4.78, 5) is 14.3. The van der Waals surface area contributed by atoms with E-state index in [1.165, 1.54) is 10.4 Å². The monoisotopic (exact) mass is 478 g/mol. The van der Waals surface area contributed by atoms with Gasteiger partial charge in [-0.15, -0.1) is 0 Å². The molecule has 6 nitrogen and oxygen atoms in total. The van der Waals surface area contributed by atoms with Gasteiger partial charge in [0, 0.05) is 36.4 Å². The average molecular weight is 479 g/mol. The quantitative estimate of drug-likeness (QED) is 0.617. The van der Waals surface area contributed by atoms with Crippen molar-refractivity contribution < 1.29 is 17.9 Å². The van der Waals surface area contributed by atoms with E-state index in [0.29, 0.717) is 26.3 Å². The zero-order valence-corrected chi connectivity index (χ0v) is 18.7. The van der Waals surface area contributed by atoms with Gasteiger partial charge in [0.05, 0.1) is 18.1 Å². The molecule has 8 heteroatoms. The van der Waals surface area contributed by atoms with Gasteiger partial charge in [-0.1, -0.05) is 28.1 Å². The molecule has 1 amide bonds. The van der Waals surface area contributed by atoms with Gasteiger partial charge in [-0.25, -0.2) is 8.42 Å². The lowest BCUT2D eigenvalue weighted by atomic mass is 10.1. The number of hydrogen-bond acceptors (Lipinski definition) is 4. The molecule has 0 aliphatic carbocycles. The number of sulfonamides is 1. The third-order valence-electron chi connectivity index (χ3n) is 4.76. The Morgan fingerprint density at radius 3 is 2.41 bits per heavy atom. The van der Waals surface area contributed by atoms with E-state index < -0.39 is 10.0 Å². The van der Waals surface area contributed by atoms with Crippen molar-refractivity contribution in [3.63, 3.8) is 0 Å². The standard InChI is InChI=1S/C21H23BrN2O4S/c1-16-15-18(22)6-9-20(16)23(2)21(25)10-5-17-3-7-19(8-4-17)29(26,27)24-11-13-28-14-12-24/h3-10,15H,11-14H2,1-2H3/b10-5+. The highest BCUT2D eigenvalue weighted by molar-refractivity contribution is 9.10. The summed E-state index contributed by atoms with van der Waals surface area (Å²) in [6.07, 6.45) is 3.16. The Hall–Kier alpha value is -2.00. The van der Waals surface area contributed by atoms with Gasteiger partial charge < -0.3 is 9.64 Å². The number of carbonyl (C=O) groups is 1. The maximum Gasteiger partial charge on any atom is 0.250 e. The van der Waals surface area contributed by atoms with E-state index in [4.69, 9.17) is 4.74 Å². The zero-order chi connectivity index (χ0) is 21.0. The first kappa shape index (κ1) is 21.7. The molecule has 1 heterocycles. The summed E-state index contributed by atoms with van der Waals surface area (Å²) in [5, 5.41) is 0. The van der Waals surface area contributed by atoms with Gasteiger partial charge in [0.1, 0.15) is 0 Å². The summed E-state index contributed by atoms with van der Waals surface area (Å²) in [6.45, 7) is 3.49. The molecule has 0 atom stereocenters. The highest BCUT2D eigenvalue weighted by Gasteiger charge is 2.25. The summed E-state index contributed by atoms with van der Waals surface area (Å²) in [5.41, 5.74) is 2.57. The van der Waals surface area contributed by atoms with Crippen LogP contribution in [-0.2, 0) is 19.6 Å². The van der Waals surface area contributed by atoms with Crippen molar-refractivity contribution in [3.8, 4) is 0 Å². The molecular weight excluding hydrogens is 456 g/mol.